The van der Waals surface area contributed by atoms with Gasteiger partial charge in [-0.05, 0) is 74.0 Å². The van der Waals surface area contributed by atoms with Crippen molar-refractivity contribution in [1.29, 1.82) is 0 Å². The highest BCUT2D eigenvalue weighted by Gasteiger charge is 2.22. The topological polar surface area (TPSA) is 18.5 Å². The minimum atomic E-state index is -1.65. The SMILES string of the molecule is C/C=C(O[Si](C)(C)C)/C(C)=C/O[C@H](C)c1cc(C(C)(C)C)cc(C(C)(C)C)c1. The zero-order valence-corrected chi connectivity index (χ0v) is 21.3. The molecule has 158 valence electrons. The Hall–Kier alpha value is -1.48. The Kier molecular flexibility index (Phi) is 7.80. The van der Waals surface area contributed by atoms with E-state index in [1.165, 1.54) is 16.7 Å². The minimum absolute atomic E-state index is 0.0247. The van der Waals surface area contributed by atoms with E-state index in [1.54, 1.807) is 0 Å². The van der Waals surface area contributed by atoms with Gasteiger partial charge in [0.15, 0.2) is 0 Å². The van der Waals surface area contributed by atoms with Crippen molar-refractivity contribution < 1.29 is 9.16 Å². The molecule has 0 saturated carbocycles. The molecule has 1 atom stereocenters. The lowest BCUT2D eigenvalue weighted by molar-refractivity contribution is 0.161. The van der Waals surface area contributed by atoms with E-state index < -0.39 is 8.32 Å². The van der Waals surface area contributed by atoms with Gasteiger partial charge >= 0.3 is 0 Å². The van der Waals surface area contributed by atoms with Crippen LogP contribution in [0.5, 0.6) is 0 Å². The lowest BCUT2D eigenvalue weighted by atomic mass is 9.79. The van der Waals surface area contributed by atoms with Gasteiger partial charge in [0, 0.05) is 5.57 Å². The monoisotopic (exact) mass is 402 g/mol. The quantitative estimate of drug-likeness (QED) is 0.272. The van der Waals surface area contributed by atoms with Gasteiger partial charge in [-0.3, -0.25) is 0 Å². The number of hydrogen-bond donors (Lipinski definition) is 0. The number of hydrogen-bond acceptors (Lipinski definition) is 2. The second-order valence-electron chi connectivity index (χ2n) is 10.8. The van der Waals surface area contributed by atoms with E-state index in [0.29, 0.717) is 0 Å². The smallest absolute Gasteiger partial charge is 0.242 e. The molecule has 0 radical (unpaired) electrons. The summed E-state index contributed by atoms with van der Waals surface area (Å²) in [6.45, 7) is 26.3. The fourth-order valence-corrected chi connectivity index (χ4v) is 3.73. The van der Waals surface area contributed by atoms with Gasteiger partial charge in [-0.2, -0.15) is 0 Å². The summed E-state index contributed by atoms with van der Waals surface area (Å²) in [4.78, 5) is 0. The van der Waals surface area contributed by atoms with Crippen molar-refractivity contribution in [3.63, 3.8) is 0 Å². The van der Waals surface area contributed by atoms with Crippen LogP contribution < -0.4 is 0 Å². The molecule has 28 heavy (non-hydrogen) atoms. The number of rotatable bonds is 6. The maximum Gasteiger partial charge on any atom is 0.242 e. The highest BCUT2D eigenvalue weighted by atomic mass is 28.4. The number of allylic oxidation sites excluding steroid dienone is 2. The first-order chi connectivity index (χ1) is 12.5. The lowest BCUT2D eigenvalue weighted by Crippen LogP contribution is -2.25. The van der Waals surface area contributed by atoms with Crippen LogP contribution in [0.25, 0.3) is 0 Å². The summed E-state index contributed by atoms with van der Waals surface area (Å²) in [5, 5.41) is 0. The summed E-state index contributed by atoms with van der Waals surface area (Å²) in [6, 6.07) is 6.92. The fourth-order valence-electron chi connectivity index (χ4n) is 2.79. The van der Waals surface area contributed by atoms with E-state index in [1.807, 2.05) is 26.2 Å². The zero-order valence-electron chi connectivity index (χ0n) is 20.3. The maximum atomic E-state index is 6.17. The summed E-state index contributed by atoms with van der Waals surface area (Å²) in [5.74, 6) is 0.921. The van der Waals surface area contributed by atoms with Crippen molar-refractivity contribution >= 4 is 8.32 Å². The van der Waals surface area contributed by atoms with Gasteiger partial charge in [-0.25, -0.2) is 0 Å². The molecular weight excluding hydrogens is 360 g/mol. The van der Waals surface area contributed by atoms with Crippen LogP contribution in [0.15, 0.2) is 41.9 Å². The molecule has 2 nitrogen and oxygen atoms in total. The molecule has 0 saturated heterocycles. The summed E-state index contributed by atoms with van der Waals surface area (Å²) < 4.78 is 12.3. The Morgan fingerprint density at radius 2 is 1.39 bits per heavy atom. The molecule has 0 aromatic heterocycles. The van der Waals surface area contributed by atoms with Gasteiger partial charge < -0.3 is 9.16 Å². The van der Waals surface area contributed by atoms with Crippen LogP contribution in [0.1, 0.15) is 85.1 Å². The third-order valence-corrected chi connectivity index (χ3v) is 5.51. The Morgan fingerprint density at radius 3 is 1.75 bits per heavy atom. The molecule has 0 aliphatic carbocycles. The Labute approximate surface area is 175 Å². The number of benzene rings is 1. The first-order valence-corrected chi connectivity index (χ1v) is 13.8. The molecule has 0 aliphatic rings. The molecule has 0 amide bonds. The first kappa shape index (κ1) is 24.6. The van der Waals surface area contributed by atoms with Gasteiger partial charge in [0.25, 0.3) is 0 Å². The van der Waals surface area contributed by atoms with Crippen LogP contribution in [0.2, 0.25) is 19.6 Å². The fraction of sp³-hybridized carbons (Fsp3) is 0.600. The molecule has 0 unspecified atom stereocenters. The van der Waals surface area contributed by atoms with Crippen LogP contribution in [0, 0.1) is 0 Å². The van der Waals surface area contributed by atoms with Crippen molar-refractivity contribution in [2.24, 2.45) is 0 Å². The third kappa shape index (κ3) is 7.50. The molecule has 0 aliphatic heterocycles. The molecule has 1 aromatic rings. The van der Waals surface area contributed by atoms with Crippen LogP contribution >= 0.6 is 0 Å². The first-order valence-electron chi connectivity index (χ1n) is 10.4. The summed E-state index contributed by atoms with van der Waals surface area (Å²) in [7, 11) is -1.65. The third-order valence-electron chi connectivity index (χ3n) is 4.67. The second-order valence-corrected chi connectivity index (χ2v) is 15.2. The molecule has 0 bridgehead atoms. The largest absolute Gasteiger partial charge is 0.544 e. The molecule has 1 rings (SSSR count). The van der Waals surface area contributed by atoms with Crippen LogP contribution in [0.4, 0.5) is 0 Å². The molecule has 0 spiro atoms. The molecule has 0 N–H and O–H groups in total. The standard InChI is InChI=1S/C25H42O2Si/c1-13-23(27-28(10,11)12)18(2)17-26-19(3)20-14-21(24(4,5)6)16-22(15-20)25(7,8)9/h13-17,19H,1-12H3/b18-17+,23-13-/t19-/m1/s1. The Morgan fingerprint density at radius 1 is 0.929 bits per heavy atom. The summed E-state index contributed by atoms with van der Waals surface area (Å²) in [6.07, 6.45) is 3.85. The Balaban J connectivity index is 3.16. The molecule has 3 heteroatoms. The molecular formula is C25H42O2Si. The van der Waals surface area contributed by atoms with Crippen molar-refractivity contribution in [2.45, 2.75) is 98.9 Å². The summed E-state index contributed by atoms with van der Waals surface area (Å²) in [5.41, 5.74) is 5.15. The van der Waals surface area contributed by atoms with E-state index in [9.17, 15) is 0 Å². The molecule has 1 aromatic carbocycles. The van der Waals surface area contributed by atoms with E-state index in [0.717, 1.165) is 11.3 Å². The maximum absolute atomic E-state index is 6.17. The van der Waals surface area contributed by atoms with Gasteiger partial charge in [-0.15, -0.1) is 0 Å². The average molecular weight is 403 g/mol. The van der Waals surface area contributed by atoms with E-state index in [-0.39, 0.29) is 16.9 Å². The molecule has 0 heterocycles. The highest BCUT2D eigenvalue weighted by Crippen LogP contribution is 2.33. The zero-order chi connectivity index (χ0) is 21.9. The second kappa shape index (κ2) is 8.90. The predicted molar refractivity (Wildman–Crippen MR) is 125 cm³/mol. The van der Waals surface area contributed by atoms with Crippen molar-refractivity contribution in [3.05, 3.63) is 58.6 Å². The van der Waals surface area contributed by atoms with Gasteiger partial charge in [0.05, 0.1) is 6.26 Å². The van der Waals surface area contributed by atoms with Gasteiger partial charge in [0.1, 0.15) is 11.9 Å². The minimum Gasteiger partial charge on any atom is -0.544 e. The predicted octanol–water partition coefficient (Wildman–Crippen LogP) is 8.02. The average Bonchev–Trinajstić information content (AvgIpc) is 2.54. The van der Waals surface area contributed by atoms with Crippen molar-refractivity contribution in [2.75, 3.05) is 0 Å². The van der Waals surface area contributed by atoms with Gasteiger partial charge in [0.2, 0.25) is 8.32 Å². The van der Waals surface area contributed by atoms with Crippen LogP contribution in [-0.2, 0) is 20.0 Å². The van der Waals surface area contributed by atoms with E-state index in [4.69, 9.17) is 9.16 Å². The number of ether oxygens (including phenoxy) is 1. The van der Waals surface area contributed by atoms with Crippen LogP contribution in [-0.4, -0.2) is 8.32 Å². The van der Waals surface area contributed by atoms with E-state index >= 15 is 0 Å². The van der Waals surface area contributed by atoms with Crippen molar-refractivity contribution in [3.8, 4) is 0 Å². The van der Waals surface area contributed by atoms with Gasteiger partial charge in [-0.1, -0.05) is 59.7 Å². The lowest BCUT2D eigenvalue weighted by Gasteiger charge is -2.27. The van der Waals surface area contributed by atoms with Crippen LogP contribution in [0.3, 0.4) is 0 Å². The summed E-state index contributed by atoms with van der Waals surface area (Å²) >= 11 is 0. The van der Waals surface area contributed by atoms with E-state index in [2.05, 4.69) is 86.3 Å². The van der Waals surface area contributed by atoms with Crippen molar-refractivity contribution in [1.82, 2.24) is 0 Å². The Bertz CT molecular complexity index is 690. The normalized spacial score (nSPS) is 15.4. The highest BCUT2D eigenvalue weighted by molar-refractivity contribution is 6.70. The molecule has 0 fully saturated rings.